The number of aromatic nitrogens is 4. The van der Waals surface area contributed by atoms with E-state index in [1.807, 2.05) is 59.0 Å². The van der Waals surface area contributed by atoms with E-state index < -0.39 is 0 Å². The Morgan fingerprint density at radius 3 is 2.74 bits per heavy atom. The molecule has 0 radical (unpaired) electrons. The maximum absolute atomic E-state index is 6.23. The summed E-state index contributed by atoms with van der Waals surface area (Å²) in [7, 11) is 0. The second-order valence-electron chi connectivity index (χ2n) is 6.03. The zero-order valence-corrected chi connectivity index (χ0v) is 18.1. The van der Waals surface area contributed by atoms with E-state index in [1.54, 1.807) is 0 Å². The van der Waals surface area contributed by atoms with Crippen LogP contribution in [0.1, 0.15) is 31.1 Å². The first-order valence-electron chi connectivity index (χ1n) is 8.53. The van der Waals surface area contributed by atoms with Crippen molar-refractivity contribution in [1.82, 2.24) is 24.9 Å². The third kappa shape index (κ3) is 5.09. The first-order chi connectivity index (χ1) is 13.0. The Morgan fingerprint density at radius 1 is 1.26 bits per heavy atom. The lowest BCUT2D eigenvalue weighted by Gasteiger charge is -2.14. The van der Waals surface area contributed by atoms with Crippen molar-refractivity contribution in [3.8, 4) is 0 Å². The van der Waals surface area contributed by atoms with Crippen molar-refractivity contribution >= 4 is 50.7 Å². The number of rotatable bonds is 6. The first-order valence-corrected chi connectivity index (χ1v) is 10.1. The molecule has 0 bridgehead atoms. The fourth-order valence-electron chi connectivity index (χ4n) is 2.56. The Labute approximate surface area is 177 Å². The molecule has 0 aliphatic carbocycles. The minimum absolute atomic E-state index is 0.0122. The van der Waals surface area contributed by atoms with Crippen molar-refractivity contribution in [2.24, 2.45) is 0 Å². The van der Waals surface area contributed by atoms with Gasteiger partial charge in [-0.2, -0.15) is 10.2 Å². The molecule has 6 nitrogen and oxygen atoms in total. The van der Waals surface area contributed by atoms with Crippen LogP contribution in [-0.4, -0.2) is 24.7 Å². The van der Waals surface area contributed by atoms with Gasteiger partial charge >= 0.3 is 0 Å². The lowest BCUT2D eigenvalue weighted by Crippen LogP contribution is -2.31. The molecule has 0 aliphatic heterocycles. The monoisotopic (exact) mass is 466 g/mol. The molecular weight excluding hydrogens is 448 g/mol. The number of hydrogen-bond donors (Lipinski definition) is 2. The van der Waals surface area contributed by atoms with Gasteiger partial charge in [-0.3, -0.25) is 9.36 Å². The van der Waals surface area contributed by atoms with Crippen LogP contribution in [0, 0.1) is 0 Å². The average Bonchev–Trinajstić information content (AvgIpc) is 3.24. The molecule has 2 heterocycles. The van der Waals surface area contributed by atoms with Crippen LogP contribution in [0.3, 0.4) is 0 Å². The van der Waals surface area contributed by atoms with E-state index in [2.05, 4.69) is 43.7 Å². The lowest BCUT2D eigenvalue weighted by atomic mass is 10.2. The van der Waals surface area contributed by atoms with Gasteiger partial charge in [-0.25, -0.2) is 0 Å². The van der Waals surface area contributed by atoms with Crippen molar-refractivity contribution in [3.05, 3.63) is 63.5 Å². The quantitative estimate of drug-likeness (QED) is 0.518. The molecule has 0 aliphatic rings. The number of hydrogen-bond acceptors (Lipinski definition) is 3. The lowest BCUT2D eigenvalue weighted by molar-refractivity contribution is 0.613. The topological polar surface area (TPSA) is 59.7 Å². The SMILES string of the molecule is CCn1ccc(C(C)NC(=S)Nc2nn(Cc3ccccc3Cl)cc2Br)n1. The normalized spacial score (nSPS) is 12.0. The van der Waals surface area contributed by atoms with Gasteiger partial charge in [0.1, 0.15) is 0 Å². The third-order valence-electron chi connectivity index (χ3n) is 4.02. The van der Waals surface area contributed by atoms with Gasteiger partial charge in [0, 0.05) is 24.0 Å². The Balaban J connectivity index is 1.62. The number of thiocarbonyl (C=S) groups is 1. The number of nitrogens with one attached hydrogen (secondary N) is 2. The third-order valence-corrected chi connectivity index (χ3v) is 5.18. The largest absolute Gasteiger partial charge is 0.354 e. The van der Waals surface area contributed by atoms with Gasteiger partial charge in [-0.15, -0.1) is 0 Å². The second kappa shape index (κ2) is 8.86. The van der Waals surface area contributed by atoms with E-state index in [9.17, 15) is 0 Å². The molecule has 1 unspecified atom stereocenters. The molecule has 1 atom stereocenters. The zero-order chi connectivity index (χ0) is 19.4. The van der Waals surface area contributed by atoms with Crippen LogP contribution in [-0.2, 0) is 13.1 Å². The van der Waals surface area contributed by atoms with E-state index in [0.29, 0.717) is 17.5 Å². The second-order valence-corrected chi connectivity index (χ2v) is 7.70. The molecule has 27 heavy (non-hydrogen) atoms. The highest BCUT2D eigenvalue weighted by molar-refractivity contribution is 9.10. The molecule has 2 N–H and O–H groups in total. The van der Waals surface area contributed by atoms with E-state index in [4.69, 9.17) is 23.8 Å². The summed E-state index contributed by atoms with van der Waals surface area (Å²) in [5, 5.41) is 16.6. The van der Waals surface area contributed by atoms with Gasteiger partial charge in [0.2, 0.25) is 0 Å². The number of halogens is 2. The molecule has 3 rings (SSSR count). The molecule has 0 amide bonds. The summed E-state index contributed by atoms with van der Waals surface area (Å²) in [4.78, 5) is 0. The molecule has 0 fully saturated rings. The van der Waals surface area contributed by atoms with Gasteiger partial charge in [0.25, 0.3) is 0 Å². The molecule has 142 valence electrons. The van der Waals surface area contributed by atoms with Gasteiger partial charge in [-0.05, 0) is 59.7 Å². The summed E-state index contributed by atoms with van der Waals surface area (Å²) >= 11 is 15.2. The first kappa shape index (κ1) is 19.9. The smallest absolute Gasteiger partial charge is 0.172 e. The van der Waals surface area contributed by atoms with E-state index >= 15 is 0 Å². The number of anilines is 1. The van der Waals surface area contributed by atoms with Crippen LogP contribution in [0.15, 0.2) is 47.2 Å². The summed E-state index contributed by atoms with van der Waals surface area (Å²) in [6.45, 7) is 5.48. The Morgan fingerprint density at radius 2 is 2.04 bits per heavy atom. The van der Waals surface area contributed by atoms with E-state index in [0.717, 1.165) is 27.3 Å². The highest BCUT2D eigenvalue weighted by Gasteiger charge is 2.13. The van der Waals surface area contributed by atoms with Crippen molar-refractivity contribution in [1.29, 1.82) is 0 Å². The summed E-state index contributed by atoms with van der Waals surface area (Å²) in [6.07, 6.45) is 3.84. The predicted octanol–water partition coefficient (Wildman–Crippen LogP) is 4.61. The summed E-state index contributed by atoms with van der Waals surface area (Å²) in [6, 6.07) is 9.69. The van der Waals surface area contributed by atoms with Crippen LogP contribution >= 0.6 is 39.7 Å². The molecule has 3 aromatic rings. The molecule has 0 saturated heterocycles. The predicted molar refractivity (Wildman–Crippen MR) is 116 cm³/mol. The van der Waals surface area contributed by atoms with E-state index in [-0.39, 0.29) is 6.04 Å². The van der Waals surface area contributed by atoms with Crippen molar-refractivity contribution in [2.45, 2.75) is 33.0 Å². The van der Waals surface area contributed by atoms with Crippen LogP contribution in [0.2, 0.25) is 5.02 Å². The minimum atomic E-state index is -0.0122. The van der Waals surface area contributed by atoms with Crippen LogP contribution in [0.5, 0.6) is 0 Å². The van der Waals surface area contributed by atoms with Crippen LogP contribution in [0.25, 0.3) is 0 Å². The molecule has 1 aromatic carbocycles. The standard InChI is InChI=1S/C18H20BrClN6S/c1-3-25-9-8-16(23-25)12(2)21-18(27)22-17-14(19)11-26(24-17)10-13-6-4-5-7-15(13)20/h4-9,11-12H,3,10H2,1-2H3,(H2,21,22,24,27). The Bertz CT molecular complexity index is 938. The minimum Gasteiger partial charge on any atom is -0.354 e. The van der Waals surface area contributed by atoms with Crippen molar-refractivity contribution < 1.29 is 0 Å². The van der Waals surface area contributed by atoms with Gasteiger partial charge in [0.05, 0.1) is 22.8 Å². The zero-order valence-electron chi connectivity index (χ0n) is 15.0. The number of benzene rings is 1. The summed E-state index contributed by atoms with van der Waals surface area (Å²) < 4.78 is 4.51. The number of aryl methyl sites for hydroxylation is 1. The van der Waals surface area contributed by atoms with Gasteiger partial charge < -0.3 is 10.6 Å². The highest BCUT2D eigenvalue weighted by Crippen LogP contribution is 2.22. The Hall–Kier alpha value is -1.90. The summed E-state index contributed by atoms with van der Waals surface area (Å²) in [5.41, 5.74) is 1.94. The molecule has 9 heteroatoms. The van der Waals surface area contributed by atoms with Crippen molar-refractivity contribution in [2.75, 3.05) is 5.32 Å². The number of nitrogens with zero attached hydrogens (tertiary/aromatic N) is 4. The molecular formula is C18H20BrClN6S. The molecule has 2 aromatic heterocycles. The van der Waals surface area contributed by atoms with Gasteiger partial charge in [0.15, 0.2) is 10.9 Å². The molecule has 0 saturated carbocycles. The maximum atomic E-state index is 6.23. The Kier molecular flexibility index (Phi) is 6.51. The fraction of sp³-hybridized carbons (Fsp3) is 0.278. The maximum Gasteiger partial charge on any atom is 0.172 e. The fourth-order valence-corrected chi connectivity index (χ4v) is 3.45. The van der Waals surface area contributed by atoms with Crippen molar-refractivity contribution in [3.63, 3.8) is 0 Å². The van der Waals surface area contributed by atoms with Gasteiger partial charge in [-0.1, -0.05) is 29.8 Å². The van der Waals surface area contributed by atoms with Crippen LogP contribution < -0.4 is 10.6 Å². The average molecular weight is 468 g/mol. The highest BCUT2D eigenvalue weighted by atomic mass is 79.9. The van der Waals surface area contributed by atoms with E-state index in [1.165, 1.54) is 0 Å². The molecule has 0 spiro atoms. The van der Waals surface area contributed by atoms with Crippen LogP contribution in [0.4, 0.5) is 5.82 Å². The summed E-state index contributed by atoms with van der Waals surface area (Å²) in [5.74, 6) is 0.644.